The number of nitrogens with zero attached hydrogens (tertiary/aromatic N) is 2. The van der Waals surface area contributed by atoms with Crippen LogP contribution in [0.3, 0.4) is 0 Å². The second kappa shape index (κ2) is 8.04. The second-order valence-electron chi connectivity index (χ2n) is 6.08. The molecular weight excluding hydrogens is 316 g/mol. The number of rotatable bonds is 8. The molecule has 9 heteroatoms. The second-order valence-corrected chi connectivity index (χ2v) is 6.08. The molecule has 7 N–H and O–H groups in total. The molecule has 2 rings (SSSR count). The first kappa shape index (κ1) is 18.8. The Morgan fingerprint density at radius 1 is 1.29 bits per heavy atom. The van der Waals surface area contributed by atoms with Crippen molar-refractivity contribution in [2.24, 2.45) is 5.73 Å². The van der Waals surface area contributed by atoms with Gasteiger partial charge in [0.1, 0.15) is 24.1 Å². The van der Waals surface area contributed by atoms with E-state index in [0.29, 0.717) is 13.0 Å². The van der Waals surface area contributed by atoms with Crippen molar-refractivity contribution in [3.8, 4) is 0 Å². The van der Waals surface area contributed by atoms with Gasteiger partial charge in [-0.25, -0.2) is 4.79 Å². The fourth-order valence-electron chi connectivity index (χ4n) is 3.12. The average Bonchev–Trinajstić information content (AvgIpc) is 2.80. The topological polar surface area (TPSA) is 157 Å². The highest BCUT2D eigenvalue weighted by molar-refractivity contribution is 5.24. The van der Waals surface area contributed by atoms with E-state index in [9.17, 15) is 20.1 Å². The number of unbranched alkanes of at least 4 members (excludes halogenated alkanes) is 3. The van der Waals surface area contributed by atoms with Crippen molar-refractivity contribution in [2.45, 2.75) is 56.1 Å². The van der Waals surface area contributed by atoms with Crippen LogP contribution < -0.4 is 17.2 Å². The van der Waals surface area contributed by atoms with E-state index in [1.165, 1.54) is 12.3 Å². The summed E-state index contributed by atoms with van der Waals surface area (Å²) < 4.78 is 6.89. The quantitative estimate of drug-likeness (QED) is 0.357. The van der Waals surface area contributed by atoms with E-state index < -0.39 is 36.3 Å². The van der Waals surface area contributed by atoms with Gasteiger partial charge in [0.15, 0.2) is 5.72 Å². The van der Waals surface area contributed by atoms with Crippen LogP contribution in [-0.2, 0) is 10.5 Å². The van der Waals surface area contributed by atoms with Crippen LogP contribution in [0.15, 0.2) is 17.1 Å². The largest absolute Gasteiger partial charge is 0.394 e. The minimum Gasteiger partial charge on any atom is -0.394 e. The molecule has 0 amide bonds. The molecule has 1 aromatic rings. The van der Waals surface area contributed by atoms with Crippen LogP contribution in [0.2, 0.25) is 0 Å². The molecular formula is C15H26N4O5. The van der Waals surface area contributed by atoms with Crippen LogP contribution in [0.1, 0.15) is 32.1 Å². The minimum absolute atomic E-state index is 0.0566. The number of aliphatic hydroxyl groups is 3. The molecule has 1 aliphatic rings. The van der Waals surface area contributed by atoms with Crippen LogP contribution in [0.5, 0.6) is 0 Å². The van der Waals surface area contributed by atoms with Crippen molar-refractivity contribution >= 4 is 5.82 Å². The highest BCUT2D eigenvalue weighted by Crippen LogP contribution is 2.39. The van der Waals surface area contributed by atoms with E-state index >= 15 is 0 Å². The van der Waals surface area contributed by atoms with Crippen LogP contribution in [0.4, 0.5) is 5.82 Å². The van der Waals surface area contributed by atoms with Crippen molar-refractivity contribution in [1.82, 2.24) is 9.55 Å². The third kappa shape index (κ3) is 3.60. The van der Waals surface area contributed by atoms with Gasteiger partial charge in [0.05, 0.1) is 6.61 Å². The Kier molecular flexibility index (Phi) is 6.30. The molecule has 24 heavy (non-hydrogen) atoms. The van der Waals surface area contributed by atoms with Gasteiger partial charge < -0.3 is 31.5 Å². The van der Waals surface area contributed by atoms with E-state index in [0.717, 1.165) is 23.8 Å². The lowest BCUT2D eigenvalue weighted by molar-refractivity contribution is -0.156. The molecule has 0 aliphatic carbocycles. The fraction of sp³-hybridized carbons (Fsp3) is 0.733. The molecule has 0 unspecified atom stereocenters. The molecule has 1 fully saturated rings. The fourth-order valence-corrected chi connectivity index (χ4v) is 3.12. The van der Waals surface area contributed by atoms with E-state index in [1.54, 1.807) is 0 Å². The summed E-state index contributed by atoms with van der Waals surface area (Å²) in [7, 11) is 0. The standard InChI is InChI=1S/C15H26N4O5/c16-7-4-2-1-3-6-15(13(22)12(21)10(9-20)24-15)19-8-5-11(17)18-14(19)23/h5,8,10,12-13,20-22H,1-4,6-7,9,16H2,(H2,17,18,23)/t10-,12-,13-,15-/m1/s1. The summed E-state index contributed by atoms with van der Waals surface area (Å²) in [5.41, 5.74) is 8.82. The summed E-state index contributed by atoms with van der Waals surface area (Å²) >= 11 is 0. The molecule has 1 aromatic heterocycles. The Balaban J connectivity index is 2.30. The molecule has 1 saturated heterocycles. The zero-order valence-corrected chi connectivity index (χ0v) is 13.5. The summed E-state index contributed by atoms with van der Waals surface area (Å²) in [6.07, 6.45) is 1.33. The van der Waals surface area contributed by atoms with Gasteiger partial charge in [-0.15, -0.1) is 0 Å². The summed E-state index contributed by atoms with van der Waals surface area (Å²) in [5.74, 6) is 0.0566. The van der Waals surface area contributed by atoms with E-state index in [1.807, 2.05) is 0 Å². The molecule has 0 saturated carbocycles. The van der Waals surface area contributed by atoms with Gasteiger partial charge in [-0.2, -0.15) is 4.98 Å². The highest BCUT2D eigenvalue weighted by Gasteiger charge is 2.55. The van der Waals surface area contributed by atoms with Gasteiger partial charge in [-0.1, -0.05) is 12.8 Å². The van der Waals surface area contributed by atoms with Gasteiger partial charge in [0.2, 0.25) is 0 Å². The SMILES string of the molecule is NCCCCCC[C@@]1(n2ccc(N)nc2=O)O[C@H](CO)[C@@H](O)[C@H]1O. The Hall–Kier alpha value is -1.52. The number of aromatic nitrogens is 2. The molecule has 0 radical (unpaired) electrons. The number of aliphatic hydroxyl groups excluding tert-OH is 3. The predicted octanol–water partition coefficient (Wildman–Crippen LogP) is -1.50. The van der Waals surface area contributed by atoms with E-state index in [2.05, 4.69) is 4.98 Å². The van der Waals surface area contributed by atoms with Crippen molar-refractivity contribution in [3.63, 3.8) is 0 Å². The lowest BCUT2D eigenvalue weighted by atomic mass is 9.95. The molecule has 4 atom stereocenters. The van der Waals surface area contributed by atoms with Gasteiger partial charge in [0, 0.05) is 6.20 Å². The zero-order chi connectivity index (χ0) is 17.7. The molecule has 0 bridgehead atoms. The van der Waals surface area contributed by atoms with Crippen molar-refractivity contribution in [2.75, 3.05) is 18.9 Å². The van der Waals surface area contributed by atoms with Gasteiger partial charge in [0.25, 0.3) is 0 Å². The number of nitrogens with two attached hydrogens (primary N) is 2. The van der Waals surface area contributed by atoms with Gasteiger partial charge in [-0.3, -0.25) is 4.57 Å². The lowest BCUT2D eigenvalue weighted by Gasteiger charge is -2.34. The molecule has 136 valence electrons. The lowest BCUT2D eigenvalue weighted by Crippen LogP contribution is -2.50. The van der Waals surface area contributed by atoms with Crippen LogP contribution in [0.25, 0.3) is 0 Å². The maximum Gasteiger partial charge on any atom is 0.351 e. The molecule has 0 spiro atoms. The van der Waals surface area contributed by atoms with Crippen LogP contribution in [-0.4, -0.2) is 56.3 Å². The summed E-state index contributed by atoms with van der Waals surface area (Å²) in [6.45, 7) is 0.140. The molecule has 2 heterocycles. The maximum absolute atomic E-state index is 12.2. The summed E-state index contributed by atoms with van der Waals surface area (Å²) in [6, 6.07) is 1.42. The van der Waals surface area contributed by atoms with E-state index in [4.69, 9.17) is 16.2 Å². The Morgan fingerprint density at radius 2 is 2.00 bits per heavy atom. The third-order valence-corrected chi connectivity index (χ3v) is 4.42. The van der Waals surface area contributed by atoms with Crippen molar-refractivity contribution in [1.29, 1.82) is 0 Å². The number of hydrogen-bond donors (Lipinski definition) is 5. The summed E-state index contributed by atoms with van der Waals surface area (Å²) in [4.78, 5) is 15.9. The Labute approximate surface area is 139 Å². The van der Waals surface area contributed by atoms with Crippen LogP contribution >= 0.6 is 0 Å². The van der Waals surface area contributed by atoms with Crippen molar-refractivity contribution < 1.29 is 20.1 Å². The minimum atomic E-state index is -1.48. The van der Waals surface area contributed by atoms with Crippen molar-refractivity contribution in [3.05, 3.63) is 22.7 Å². The first-order valence-corrected chi connectivity index (χ1v) is 8.17. The zero-order valence-electron chi connectivity index (χ0n) is 13.5. The smallest absolute Gasteiger partial charge is 0.351 e. The first-order valence-electron chi connectivity index (χ1n) is 8.17. The molecule has 1 aliphatic heterocycles. The predicted molar refractivity (Wildman–Crippen MR) is 87.0 cm³/mol. The first-order chi connectivity index (χ1) is 11.5. The van der Waals surface area contributed by atoms with Gasteiger partial charge >= 0.3 is 5.69 Å². The maximum atomic E-state index is 12.2. The third-order valence-electron chi connectivity index (χ3n) is 4.42. The van der Waals surface area contributed by atoms with E-state index in [-0.39, 0.29) is 12.2 Å². The average molecular weight is 342 g/mol. The molecule has 0 aromatic carbocycles. The normalized spacial score (nSPS) is 29.9. The van der Waals surface area contributed by atoms with Gasteiger partial charge in [-0.05, 0) is 31.9 Å². The molecule has 9 nitrogen and oxygen atoms in total. The number of ether oxygens (including phenoxy) is 1. The number of hydrogen-bond acceptors (Lipinski definition) is 8. The number of nitrogen functional groups attached to an aromatic ring is 1. The Morgan fingerprint density at radius 3 is 2.58 bits per heavy atom. The highest BCUT2D eigenvalue weighted by atomic mass is 16.6. The Bertz CT molecular complexity index is 595. The number of anilines is 1. The monoisotopic (exact) mass is 342 g/mol. The van der Waals surface area contributed by atoms with Crippen LogP contribution in [0, 0.1) is 0 Å². The summed E-state index contributed by atoms with van der Waals surface area (Å²) in [5, 5.41) is 30.0.